The van der Waals surface area contributed by atoms with Crippen molar-refractivity contribution in [3.8, 4) is 0 Å². The summed E-state index contributed by atoms with van der Waals surface area (Å²) in [5, 5.41) is 10.2. The Hall–Kier alpha value is -1.75. The van der Waals surface area contributed by atoms with E-state index < -0.39 is 5.60 Å². The van der Waals surface area contributed by atoms with Gasteiger partial charge in [-0.2, -0.15) is 0 Å². The van der Waals surface area contributed by atoms with E-state index in [1.54, 1.807) is 31.1 Å². The van der Waals surface area contributed by atoms with Crippen LogP contribution < -0.4 is 10.6 Å². The lowest BCUT2D eigenvalue weighted by atomic mass is 9.98. The van der Waals surface area contributed by atoms with Gasteiger partial charge in [0, 0.05) is 32.7 Å². The lowest BCUT2D eigenvalue weighted by molar-refractivity contribution is 0.0481. The van der Waals surface area contributed by atoms with Crippen molar-refractivity contribution in [2.75, 3.05) is 37.8 Å². The summed E-state index contributed by atoms with van der Waals surface area (Å²) in [6, 6.07) is 5.40. The maximum atomic E-state index is 12.1. The van der Waals surface area contributed by atoms with Gasteiger partial charge in [-0.1, -0.05) is 0 Å². The van der Waals surface area contributed by atoms with E-state index in [-0.39, 0.29) is 5.91 Å². The fourth-order valence-electron chi connectivity index (χ4n) is 2.71. The lowest BCUT2D eigenvalue weighted by Gasteiger charge is -2.26. The number of benzene rings is 1. The number of amides is 1. The van der Waals surface area contributed by atoms with Crippen LogP contribution in [0.1, 0.15) is 36.5 Å². The molecule has 5 nitrogen and oxygen atoms in total. The number of carbonyl (C=O) groups excluding carboxylic acids is 1. The fraction of sp³-hybridized carbons (Fsp3) is 0.562. The molecule has 1 aromatic carbocycles. The Labute approximate surface area is 126 Å². The van der Waals surface area contributed by atoms with Crippen LogP contribution in [0.25, 0.3) is 0 Å². The third-order valence-electron chi connectivity index (χ3n) is 4.09. The monoisotopic (exact) mass is 291 g/mol. The van der Waals surface area contributed by atoms with Crippen molar-refractivity contribution in [2.24, 2.45) is 0 Å². The Morgan fingerprint density at radius 2 is 2.05 bits per heavy atom. The molecule has 1 unspecified atom stereocenters. The lowest BCUT2D eigenvalue weighted by Crippen LogP contribution is -2.29. The summed E-state index contributed by atoms with van der Waals surface area (Å²) in [4.78, 5) is 15.8. The second kappa shape index (κ2) is 5.93. The zero-order valence-corrected chi connectivity index (χ0v) is 13.1. The molecule has 0 radical (unpaired) electrons. The first-order chi connectivity index (χ1) is 9.80. The Morgan fingerprint density at radius 1 is 1.33 bits per heavy atom. The average molecular weight is 291 g/mol. The van der Waals surface area contributed by atoms with Gasteiger partial charge in [0.15, 0.2) is 0 Å². The molecule has 5 heteroatoms. The first-order valence-electron chi connectivity index (χ1n) is 7.39. The molecule has 0 aliphatic carbocycles. The summed E-state index contributed by atoms with van der Waals surface area (Å²) in [7, 11) is 3.48. The van der Waals surface area contributed by atoms with Gasteiger partial charge in [-0.25, -0.2) is 0 Å². The third kappa shape index (κ3) is 3.67. The number of nitrogen functional groups attached to an aromatic ring is 1. The molecular formula is C16H25N3O2. The molecule has 1 amide bonds. The minimum atomic E-state index is -0.611. The quantitative estimate of drug-likeness (QED) is 0.814. The molecule has 1 saturated heterocycles. The SMILES string of the molecule is CN(C)C(=O)c1ccc(N)c(N2CCCC(C)(O)CC2)c1. The number of hydrogen-bond donors (Lipinski definition) is 2. The van der Waals surface area contributed by atoms with E-state index in [4.69, 9.17) is 5.73 Å². The highest BCUT2D eigenvalue weighted by Crippen LogP contribution is 2.30. The second-order valence-electron chi connectivity index (χ2n) is 6.31. The number of hydrogen-bond acceptors (Lipinski definition) is 4. The van der Waals surface area contributed by atoms with E-state index >= 15 is 0 Å². The molecule has 1 aliphatic heterocycles. The van der Waals surface area contributed by atoms with E-state index in [1.807, 2.05) is 13.0 Å². The summed E-state index contributed by atoms with van der Waals surface area (Å²) in [5.41, 5.74) is 7.68. The molecule has 1 fully saturated rings. The van der Waals surface area contributed by atoms with Crippen molar-refractivity contribution >= 4 is 17.3 Å². The van der Waals surface area contributed by atoms with Gasteiger partial charge >= 0.3 is 0 Å². The van der Waals surface area contributed by atoms with Gasteiger partial charge < -0.3 is 20.6 Å². The van der Waals surface area contributed by atoms with E-state index in [0.29, 0.717) is 17.7 Å². The molecule has 0 spiro atoms. The fourth-order valence-corrected chi connectivity index (χ4v) is 2.71. The predicted octanol–water partition coefficient (Wildman–Crippen LogP) is 1.71. The van der Waals surface area contributed by atoms with Crippen LogP contribution in [-0.2, 0) is 0 Å². The van der Waals surface area contributed by atoms with Crippen molar-refractivity contribution in [1.29, 1.82) is 0 Å². The highest BCUT2D eigenvalue weighted by Gasteiger charge is 2.26. The van der Waals surface area contributed by atoms with Gasteiger partial charge in [0.1, 0.15) is 0 Å². The maximum Gasteiger partial charge on any atom is 0.253 e. The molecular weight excluding hydrogens is 266 g/mol. The second-order valence-corrected chi connectivity index (χ2v) is 6.31. The molecule has 3 N–H and O–H groups in total. The van der Waals surface area contributed by atoms with Crippen LogP contribution in [0.2, 0.25) is 0 Å². The number of carbonyl (C=O) groups is 1. The first kappa shape index (κ1) is 15.6. The Balaban J connectivity index is 2.26. The highest BCUT2D eigenvalue weighted by atomic mass is 16.3. The van der Waals surface area contributed by atoms with Gasteiger partial charge in [-0.15, -0.1) is 0 Å². The summed E-state index contributed by atoms with van der Waals surface area (Å²) in [5.74, 6) is -0.0296. The summed E-state index contributed by atoms with van der Waals surface area (Å²) in [6.07, 6.45) is 2.41. The smallest absolute Gasteiger partial charge is 0.253 e. The molecule has 0 saturated carbocycles. The Kier molecular flexibility index (Phi) is 4.42. The van der Waals surface area contributed by atoms with Crippen LogP contribution in [0.15, 0.2) is 18.2 Å². The summed E-state index contributed by atoms with van der Waals surface area (Å²) >= 11 is 0. The third-order valence-corrected chi connectivity index (χ3v) is 4.09. The highest BCUT2D eigenvalue weighted by molar-refractivity contribution is 5.96. The zero-order valence-electron chi connectivity index (χ0n) is 13.1. The van der Waals surface area contributed by atoms with E-state index in [1.165, 1.54) is 0 Å². The molecule has 2 rings (SSSR count). The Morgan fingerprint density at radius 3 is 2.71 bits per heavy atom. The van der Waals surface area contributed by atoms with Gasteiger partial charge in [0.05, 0.1) is 17.0 Å². The van der Waals surface area contributed by atoms with Crippen LogP contribution in [0.5, 0.6) is 0 Å². The van der Waals surface area contributed by atoms with Crippen molar-refractivity contribution in [2.45, 2.75) is 31.8 Å². The first-order valence-corrected chi connectivity index (χ1v) is 7.39. The Bertz CT molecular complexity index is 526. The van der Waals surface area contributed by atoms with Crippen molar-refractivity contribution < 1.29 is 9.90 Å². The number of nitrogens with zero attached hydrogens (tertiary/aromatic N) is 2. The van der Waals surface area contributed by atoms with Crippen LogP contribution in [0.4, 0.5) is 11.4 Å². The average Bonchev–Trinajstić information content (AvgIpc) is 2.59. The molecule has 0 bridgehead atoms. The minimum absolute atomic E-state index is 0.0296. The van der Waals surface area contributed by atoms with E-state index in [2.05, 4.69) is 4.90 Å². The van der Waals surface area contributed by atoms with Crippen LogP contribution in [0.3, 0.4) is 0 Å². The number of anilines is 2. The number of rotatable bonds is 2. The van der Waals surface area contributed by atoms with Gasteiger partial charge in [-0.3, -0.25) is 4.79 Å². The van der Waals surface area contributed by atoms with E-state index in [0.717, 1.165) is 31.6 Å². The van der Waals surface area contributed by atoms with Crippen LogP contribution in [-0.4, -0.2) is 48.7 Å². The van der Waals surface area contributed by atoms with Crippen molar-refractivity contribution in [3.63, 3.8) is 0 Å². The van der Waals surface area contributed by atoms with Gasteiger partial charge in [0.25, 0.3) is 5.91 Å². The van der Waals surface area contributed by atoms with Crippen LogP contribution >= 0.6 is 0 Å². The molecule has 0 aromatic heterocycles. The van der Waals surface area contributed by atoms with E-state index in [9.17, 15) is 9.90 Å². The van der Waals surface area contributed by atoms with Gasteiger partial charge in [0.2, 0.25) is 0 Å². The van der Waals surface area contributed by atoms with Gasteiger partial charge in [-0.05, 0) is 44.4 Å². The normalized spacial score (nSPS) is 22.8. The van der Waals surface area contributed by atoms with Crippen molar-refractivity contribution in [3.05, 3.63) is 23.8 Å². The molecule has 1 atom stereocenters. The molecule has 21 heavy (non-hydrogen) atoms. The summed E-state index contributed by atoms with van der Waals surface area (Å²) < 4.78 is 0. The topological polar surface area (TPSA) is 69.8 Å². The standard InChI is InChI=1S/C16H25N3O2/c1-16(21)7-4-9-19(10-8-16)14-11-12(5-6-13(14)17)15(20)18(2)3/h5-6,11,21H,4,7-10,17H2,1-3H3. The predicted molar refractivity (Wildman–Crippen MR) is 85.6 cm³/mol. The molecule has 116 valence electrons. The molecule has 1 heterocycles. The van der Waals surface area contributed by atoms with Crippen molar-refractivity contribution in [1.82, 2.24) is 4.90 Å². The number of aliphatic hydroxyl groups is 1. The zero-order chi connectivity index (χ0) is 15.6. The summed E-state index contributed by atoms with van der Waals surface area (Å²) in [6.45, 7) is 3.47. The largest absolute Gasteiger partial charge is 0.397 e. The molecule has 1 aromatic rings. The number of nitrogens with two attached hydrogens (primary N) is 1. The molecule has 1 aliphatic rings. The van der Waals surface area contributed by atoms with Crippen LogP contribution in [0, 0.1) is 0 Å². The minimum Gasteiger partial charge on any atom is -0.397 e. The maximum absolute atomic E-state index is 12.1.